The molecule has 0 amide bonds. The van der Waals surface area contributed by atoms with Gasteiger partial charge in [-0.15, -0.1) is 0 Å². The molecule has 1 aromatic rings. The molecular formula is C12H13Cl2NO4. The van der Waals surface area contributed by atoms with E-state index in [1.807, 2.05) is 6.92 Å². The van der Waals surface area contributed by atoms with E-state index in [4.69, 9.17) is 27.9 Å². The first-order valence-electron chi connectivity index (χ1n) is 5.71. The molecule has 0 heterocycles. The Hall–Kier alpha value is -1.33. The van der Waals surface area contributed by atoms with Gasteiger partial charge in [-0.3, -0.25) is 10.1 Å². The third-order valence-corrected chi connectivity index (χ3v) is 3.25. The van der Waals surface area contributed by atoms with Gasteiger partial charge in [-0.25, -0.2) is 4.79 Å². The summed E-state index contributed by atoms with van der Waals surface area (Å²) in [4.78, 5) is 22.0. The van der Waals surface area contributed by atoms with Gasteiger partial charge >= 0.3 is 5.97 Å². The maximum atomic E-state index is 11.9. The molecule has 0 aliphatic carbocycles. The lowest BCUT2D eigenvalue weighted by atomic mass is 10.2. The number of nitrogens with zero attached hydrogens (tertiary/aromatic N) is 1. The summed E-state index contributed by atoms with van der Waals surface area (Å²) in [5.41, 5.74) is -0.395. The van der Waals surface area contributed by atoms with Gasteiger partial charge in [0, 0.05) is 12.1 Å². The molecule has 0 fully saturated rings. The molecule has 7 heteroatoms. The zero-order valence-electron chi connectivity index (χ0n) is 10.5. The highest BCUT2D eigenvalue weighted by Crippen LogP contribution is 2.31. The third kappa shape index (κ3) is 4.08. The van der Waals surface area contributed by atoms with Crippen molar-refractivity contribution in [2.24, 2.45) is 0 Å². The largest absolute Gasteiger partial charge is 0.459 e. The highest BCUT2D eigenvalue weighted by molar-refractivity contribution is 6.43. The molecule has 0 N–H and O–H groups in total. The van der Waals surface area contributed by atoms with Gasteiger partial charge < -0.3 is 4.74 Å². The molecular weight excluding hydrogens is 293 g/mol. The summed E-state index contributed by atoms with van der Waals surface area (Å²) >= 11 is 11.6. The second kappa shape index (κ2) is 6.73. The van der Waals surface area contributed by atoms with E-state index in [0.717, 1.165) is 18.6 Å². The zero-order chi connectivity index (χ0) is 14.6. The van der Waals surface area contributed by atoms with Crippen molar-refractivity contribution in [3.05, 3.63) is 37.9 Å². The maximum absolute atomic E-state index is 11.9. The number of ether oxygens (including phenoxy) is 1. The van der Waals surface area contributed by atoms with Crippen LogP contribution in [0.5, 0.6) is 0 Å². The minimum atomic E-state index is -0.712. The van der Waals surface area contributed by atoms with Gasteiger partial charge in [0.2, 0.25) is 0 Å². The molecule has 0 aliphatic heterocycles. The van der Waals surface area contributed by atoms with Crippen molar-refractivity contribution in [2.75, 3.05) is 0 Å². The number of halogens is 2. The molecule has 104 valence electrons. The van der Waals surface area contributed by atoms with Crippen LogP contribution in [0.2, 0.25) is 10.0 Å². The monoisotopic (exact) mass is 305 g/mol. The standard InChI is InChI=1S/C12H13Cl2NO4/c1-3-4-7(2)19-12(16)9-5-8(15(17)18)6-10(13)11(9)14/h5-7H,3-4H2,1-2H3. The van der Waals surface area contributed by atoms with Crippen molar-refractivity contribution < 1.29 is 14.5 Å². The van der Waals surface area contributed by atoms with Crippen LogP contribution in [0.4, 0.5) is 5.69 Å². The fraction of sp³-hybridized carbons (Fsp3) is 0.417. The predicted octanol–water partition coefficient (Wildman–Crippen LogP) is 4.25. The third-order valence-electron chi connectivity index (χ3n) is 2.45. The normalized spacial score (nSPS) is 12.0. The molecule has 0 aliphatic rings. The minimum absolute atomic E-state index is 0.0408. The molecule has 0 aromatic heterocycles. The lowest BCUT2D eigenvalue weighted by Gasteiger charge is -2.13. The van der Waals surface area contributed by atoms with Crippen LogP contribution in [0, 0.1) is 10.1 Å². The Morgan fingerprint density at radius 1 is 1.47 bits per heavy atom. The Balaban J connectivity index is 3.05. The number of benzene rings is 1. The van der Waals surface area contributed by atoms with E-state index in [1.54, 1.807) is 6.92 Å². The quantitative estimate of drug-likeness (QED) is 0.463. The lowest BCUT2D eigenvalue weighted by Crippen LogP contribution is -2.15. The Morgan fingerprint density at radius 2 is 2.11 bits per heavy atom. The van der Waals surface area contributed by atoms with Gasteiger partial charge in [0.05, 0.1) is 26.6 Å². The molecule has 19 heavy (non-hydrogen) atoms. The number of esters is 1. The minimum Gasteiger partial charge on any atom is -0.459 e. The van der Waals surface area contributed by atoms with Crippen LogP contribution in [0.25, 0.3) is 0 Å². The van der Waals surface area contributed by atoms with Crippen molar-refractivity contribution in [2.45, 2.75) is 32.8 Å². The van der Waals surface area contributed by atoms with Gasteiger partial charge in [0.1, 0.15) is 0 Å². The number of nitro benzene ring substituents is 1. The van der Waals surface area contributed by atoms with E-state index >= 15 is 0 Å². The summed E-state index contributed by atoms with van der Waals surface area (Å²) in [5.74, 6) is -0.712. The van der Waals surface area contributed by atoms with Crippen molar-refractivity contribution in [3.8, 4) is 0 Å². The van der Waals surface area contributed by atoms with Crippen LogP contribution in [-0.4, -0.2) is 17.0 Å². The summed E-state index contributed by atoms with van der Waals surface area (Å²) in [7, 11) is 0. The van der Waals surface area contributed by atoms with Crippen LogP contribution >= 0.6 is 23.2 Å². The average molecular weight is 306 g/mol. The SMILES string of the molecule is CCCC(C)OC(=O)c1cc([N+](=O)[O-])cc(Cl)c1Cl. The second-order valence-electron chi connectivity index (χ2n) is 4.05. The fourth-order valence-electron chi connectivity index (χ4n) is 1.54. The molecule has 1 unspecified atom stereocenters. The number of hydrogen-bond acceptors (Lipinski definition) is 4. The van der Waals surface area contributed by atoms with Crippen molar-refractivity contribution in [1.82, 2.24) is 0 Å². The number of nitro groups is 1. The van der Waals surface area contributed by atoms with Gasteiger partial charge in [0.25, 0.3) is 5.69 Å². The first-order chi connectivity index (χ1) is 8.86. The van der Waals surface area contributed by atoms with Crippen LogP contribution in [0.3, 0.4) is 0 Å². The number of carbonyl (C=O) groups is 1. The van der Waals surface area contributed by atoms with Gasteiger partial charge in [-0.05, 0) is 13.3 Å². The van der Waals surface area contributed by atoms with E-state index in [2.05, 4.69) is 0 Å². The van der Waals surface area contributed by atoms with E-state index in [-0.39, 0.29) is 27.4 Å². The van der Waals surface area contributed by atoms with Crippen molar-refractivity contribution >= 4 is 34.9 Å². The van der Waals surface area contributed by atoms with E-state index in [9.17, 15) is 14.9 Å². The lowest BCUT2D eigenvalue weighted by molar-refractivity contribution is -0.384. The summed E-state index contributed by atoms with van der Waals surface area (Å²) < 4.78 is 5.14. The van der Waals surface area contributed by atoms with Crippen LogP contribution < -0.4 is 0 Å². The van der Waals surface area contributed by atoms with E-state index < -0.39 is 10.9 Å². The molecule has 0 bridgehead atoms. The molecule has 0 saturated carbocycles. The number of rotatable bonds is 5. The van der Waals surface area contributed by atoms with Crippen LogP contribution in [0.1, 0.15) is 37.0 Å². The molecule has 1 aromatic carbocycles. The van der Waals surface area contributed by atoms with Gasteiger partial charge in [0.15, 0.2) is 0 Å². The Morgan fingerprint density at radius 3 is 2.63 bits per heavy atom. The topological polar surface area (TPSA) is 69.4 Å². The highest BCUT2D eigenvalue weighted by atomic mass is 35.5. The molecule has 1 atom stereocenters. The van der Waals surface area contributed by atoms with Crippen molar-refractivity contribution in [3.63, 3.8) is 0 Å². The highest BCUT2D eigenvalue weighted by Gasteiger charge is 2.21. The smallest absolute Gasteiger partial charge is 0.340 e. The average Bonchev–Trinajstić information content (AvgIpc) is 2.32. The van der Waals surface area contributed by atoms with Crippen LogP contribution in [-0.2, 0) is 4.74 Å². The molecule has 5 nitrogen and oxygen atoms in total. The second-order valence-corrected chi connectivity index (χ2v) is 4.84. The summed E-state index contributed by atoms with van der Waals surface area (Å²) in [5, 5.41) is 10.6. The molecule has 0 spiro atoms. The first-order valence-corrected chi connectivity index (χ1v) is 6.46. The van der Waals surface area contributed by atoms with E-state index in [1.165, 1.54) is 0 Å². The van der Waals surface area contributed by atoms with E-state index in [0.29, 0.717) is 6.42 Å². The first kappa shape index (κ1) is 15.7. The van der Waals surface area contributed by atoms with Crippen LogP contribution in [0.15, 0.2) is 12.1 Å². The maximum Gasteiger partial charge on any atom is 0.340 e. The Kier molecular flexibility index (Phi) is 5.57. The van der Waals surface area contributed by atoms with Crippen molar-refractivity contribution in [1.29, 1.82) is 0 Å². The molecule has 1 rings (SSSR count). The summed E-state index contributed by atoms with van der Waals surface area (Å²) in [6.07, 6.45) is 1.27. The van der Waals surface area contributed by atoms with Gasteiger partial charge in [-0.1, -0.05) is 36.5 Å². The Bertz CT molecular complexity index is 505. The summed E-state index contributed by atoms with van der Waals surface area (Å²) in [6.45, 7) is 3.70. The van der Waals surface area contributed by atoms with Gasteiger partial charge in [-0.2, -0.15) is 0 Å². The summed E-state index contributed by atoms with van der Waals surface area (Å²) in [6, 6.07) is 2.16. The fourth-order valence-corrected chi connectivity index (χ4v) is 1.94. The predicted molar refractivity (Wildman–Crippen MR) is 72.9 cm³/mol. The zero-order valence-corrected chi connectivity index (χ0v) is 12.0. The number of hydrogen-bond donors (Lipinski definition) is 0. The number of non-ortho nitro benzene ring substituents is 1. The number of carbonyl (C=O) groups excluding carboxylic acids is 1. The molecule has 0 radical (unpaired) electrons. The molecule has 0 saturated heterocycles. The Labute approximate surface area is 120 Å².